The van der Waals surface area contributed by atoms with E-state index in [0.717, 1.165) is 43.3 Å². The normalized spacial score (nSPS) is 21.3. The number of anilines is 1. The Hall–Kier alpha value is -2.01. The van der Waals surface area contributed by atoms with Gasteiger partial charge in [-0.15, -0.1) is 0 Å². The first-order valence-corrected chi connectivity index (χ1v) is 9.21. The van der Waals surface area contributed by atoms with E-state index in [1.807, 2.05) is 18.3 Å². The van der Waals surface area contributed by atoms with Crippen LogP contribution in [0.5, 0.6) is 0 Å². The van der Waals surface area contributed by atoms with Gasteiger partial charge in [-0.25, -0.2) is 14.4 Å². The number of hydrogen-bond acceptors (Lipinski definition) is 4. The van der Waals surface area contributed by atoms with Crippen LogP contribution in [0.1, 0.15) is 43.0 Å². The number of aromatic nitrogens is 2. The highest BCUT2D eigenvalue weighted by Crippen LogP contribution is 2.38. The molecule has 2 aliphatic rings. The molecule has 1 saturated carbocycles. The Labute approximate surface area is 148 Å². The van der Waals surface area contributed by atoms with Gasteiger partial charge in [-0.2, -0.15) is 0 Å². The van der Waals surface area contributed by atoms with Crippen LogP contribution >= 0.6 is 0 Å². The van der Waals surface area contributed by atoms with Crippen molar-refractivity contribution in [3.63, 3.8) is 0 Å². The first-order valence-electron chi connectivity index (χ1n) is 9.21. The van der Waals surface area contributed by atoms with Crippen LogP contribution in [-0.2, 0) is 6.54 Å². The highest BCUT2D eigenvalue weighted by Gasteiger charge is 2.28. The molecule has 1 aliphatic carbocycles. The van der Waals surface area contributed by atoms with E-state index in [2.05, 4.69) is 21.8 Å². The molecular formula is C20H25FN4. The minimum absolute atomic E-state index is 0.156. The topological polar surface area (TPSA) is 32.3 Å². The molecule has 2 fully saturated rings. The second-order valence-electron chi connectivity index (χ2n) is 7.32. The number of halogens is 1. The second kappa shape index (κ2) is 7.08. The van der Waals surface area contributed by atoms with Crippen LogP contribution in [0.4, 0.5) is 10.2 Å². The maximum atomic E-state index is 13.4. The van der Waals surface area contributed by atoms with Gasteiger partial charge in [-0.3, -0.25) is 4.90 Å². The van der Waals surface area contributed by atoms with Gasteiger partial charge < -0.3 is 4.90 Å². The van der Waals surface area contributed by atoms with E-state index in [1.165, 1.54) is 25.3 Å². The van der Waals surface area contributed by atoms with Crippen molar-refractivity contribution in [1.29, 1.82) is 0 Å². The van der Waals surface area contributed by atoms with Crippen LogP contribution in [0.3, 0.4) is 0 Å². The molecular weight excluding hydrogens is 315 g/mol. The summed E-state index contributed by atoms with van der Waals surface area (Å²) in [6.45, 7) is 2.85. The largest absolute Gasteiger partial charge is 0.355 e. The summed E-state index contributed by atoms with van der Waals surface area (Å²) in [5, 5.41) is 0. The van der Waals surface area contributed by atoms with Gasteiger partial charge in [-0.1, -0.05) is 12.1 Å². The van der Waals surface area contributed by atoms with E-state index in [-0.39, 0.29) is 5.82 Å². The molecule has 2 aromatic rings. The van der Waals surface area contributed by atoms with Crippen LogP contribution < -0.4 is 4.90 Å². The summed E-state index contributed by atoms with van der Waals surface area (Å²) in [4.78, 5) is 13.9. The average Bonchev–Trinajstić information content (AvgIpc) is 3.47. The fourth-order valence-electron chi connectivity index (χ4n) is 3.67. The molecule has 4 nitrogen and oxygen atoms in total. The Morgan fingerprint density at radius 2 is 2.12 bits per heavy atom. The molecule has 1 saturated heterocycles. The zero-order chi connectivity index (χ0) is 17.2. The van der Waals surface area contributed by atoms with E-state index in [4.69, 9.17) is 4.98 Å². The fraction of sp³-hybridized carbons (Fsp3) is 0.500. The SMILES string of the molecule is CN(c1ccnc(C2CC2)n1)C1CCCN(Cc2cccc(F)c2)C1. The molecule has 1 unspecified atom stereocenters. The Balaban J connectivity index is 1.42. The number of hydrogen-bond donors (Lipinski definition) is 0. The molecule has 0 bridgehead atoms. The summed E-state index contributed by atoms with van der Waals surface area (Å²) in [5.74, 6) is 2.44. The van der Waals surface area contributed by atoms with Crippen molar-refractivity contribution in [3.05, 3.63) is 53.7 Å². The number of piperidine rings is 1. The number of likely N-dealkylation sites (tertiary alicyclic amines) is 1. The standard InChI is InChI=1S/C20H25FN4/c1-24(19-9-10-22-20(23-19)16-7-8-16)18-6-3-11-25(14-18)13-15-4-2-5-17(21)12-15/h2,4-5,9-10,12,16,18H,3,6-8,11,13-14H2,1H3. The third-order valence-electron chi connectivity index (χ3n) is 5.29. The van der Waals surface area contributed by atoms with Crippen molar-refractivity contribution in [2.24, 2.45) is 0 Å². The highest BCUT2D eigenvalue weighted by molar-refractivity contribution is 5.38. The van der Waals surface area contributed by atoms with Crippen LogP contribution in [0.25, 0.3) is 0 Å². The van der Waals surface area contributed by atoms with Crippen molar-refractivity contribution >= 4 is 5.82 Å². The smallest absolute Gasteiger partial charge is 0.133 e. The summed E-state index contributed by atoms with van der Waals surface area (Å²) in [7, 11) is 2.13. The van der Waals surface area contributed by atoms with Crippen molar-refractivity contribution in [2.75, 3.05) is 25.0 Å². The lowest BCUT2D eigenvalue weighted by atomic mass is 10.0. The van der Waals surface area contributed by atoms with Crippen molar-refractivity contribution in [1.82, 2.24) is 14.9 Å². The maximum Gasteiger partial charge on any atom is 0.133 e. The minimum Gasteiger partial charge on any atom is -0.355 e. The molecule has 1 aromatic carbocycles. The Morgan fingerprint density at radius 3 is 2.92 bits per heavy atom. The molecule has 0 spiro atoms. The van der Waals surface area contributed by atoms with Gasteiger partial charge in [-0.05, 0) is 56.0 Å². The number of benzene rings is 1. The summed E-state index contributed by atoms with van der Waals surface area (Å²) in [6.07, 6.45) is 6.65. The van der Waals surface area contributed by atoms with Gasteiger partial charge in [0.1, 0.15) is 17.5 Å². The predicted molar refractivity (Wildman–Crippen MR) is 97.1 cm³/mol. The quantitative estimate of drug-likeness (QED) is 0.832. The molecule has 132 valence electrons. The van der Waals surface area contributed by atoms with Crippen molar-refractivity contribution < 1.29 is 4.39 Å². The molecule has 2 heterocycles. The van der Waals surface area contributed by atoms with Crippen LogP contribution in [0, 0.1) is 5.82 Å². The van der Waals surface area contributed by atoms with E-state index >= 15 is 0 Å². The Morgan fingerprint density at radius 1 is 1.24 bits per heavy atom. The number of nitrogens with zero attached hydrogens (tertiary/aromatic N) is 4. The van der Waals surface area contributed by atoms with Gasteiger partial charge in [0.2, 0.25) is 0 Å². The van der Waals surface area contributed by atoms with Gasteiger partial charge in [0.25, 0.3) is 0 Å². The molecule has 0 amide bonds. The first kappa shape index (κ1) is 16.5. The van der Waals surface area contributed by atoms with Gasteiger partial charge in [0.15, 0.2) is 0 Å². The molecule has 4 rings (SSSR count). The third kappa shape index (κ3) is 3.98. The zero-order valence-electron chi connectivity index (χ0n) is 14.7. The van der Waals surface area contributed by atoms with Crippen molar-refractivity contribution in [2.45, 2.75) is 44.2 Å². The zero-order valence-corrected chi connectivity index (χ0v) is 14.7. The van der Waals surface area contributed by atoms with Gasteiger partial charge in [0.05, 0.1) is 0 Å². The summed E-state index contributed by atoms with van der Waals surface area (Å²) in [5.41, 5.74) is 1.04. The monoisotopic (exact) mass is 340 g/mol. The lowest BCUT2D eigenvalue weighted by molar-refractivity contribution is 0.198. The van der Waals surface area contributed by atoms with Crippen LogP contribution in [0.2, 0.25) is 0 Å². The molecule has 1 aromatic heterocycles. The average molecular weight is 340 g/mol. The van der Waals surface area contributed by atoms with E-state index in [0.29, 0.717) is 12.0 Å². The first-order chi connectivity index (χ1) is 12.2. The van der Waals surface area contributed by atoms with E-state index in [9.17, 15) is 4.39 Å². The molecule has 25 heavy (non-hydrogen) atoms. The van der Waals surface area contributed by atoms with Crippen LogP contribution in [-0.4, -0.2) is 41.0 Å². The summed E-state index contributed by atoms with van der Waals surface area (Å²) < 4.78 is 13.4. The number of rotatable bonds is 5. The number of likely N-dealkylation sites (N-methyl/N-ethyl adjacent to an activating group) is 1. The Kier molecular flexibility index (Phi) is 4.66. The highest BCUT2D eigenvalue weighted by atomic mass is 19.1. The lowest BCUT2D eigenvalue weighted by Crippen LogP contribution is -2.46. The summed E-state index contributed by atoms with van der Waals surface area (Å²) in [6, 6.07) is 9.38. The lowest BCUT2D eigenvalue weighted by Gasteiger charge is -2.38. The molecule has 1 atom stereocenters. The minimum atomic E-state index is -0.156. The third-order valence-corrected chi connectivity index (χ3v) is 5.29. The second-order valence-corrected chi connectivity index (χ2v) is 7.32. The fourth-order valence-corrected chi connectivity index (χ4v) is 3.67. The Bertz CT molecular complexity index is 731. The van der Waals surface area contributed by atoms with E-state index < -0.39 is 0 Å². The molecule has 0 radical (unpaired) electrons. The van der Waals surface area contributed by atoms with Crippen molar-refractivity contribution in [3.8, 4) is 0 Å². The summed E-state index contributed by atoms with van der Waals surface area (Å²) >= 11 is 0. The van der Waals surface area contributed by atoms with E-state index in [1.54, 1.807) is 12.1 Å². The van der Waals surface area contributed by atoms with Gasteiger partial charge >= 0.3 is 0 Å². The predicted octanol–water partition coefficient (Wildman–Crippen LogP) is 3.59. The molecule has 0 N–H and O–H groups in total. The molecule has 1 aliphatic heterocycles. The van der Waals surface area contributed by atoms with Crippen LogP contribution in [0.15, 0.2) is 36.5 Å². The maximum absolute atomic E-state index is 13.4. The van der Waals surface area contributed by atoms with Gasteiger partial charge in [0, 0.05) is 38.3 Å². The molecule has 5 heteroatoms.